The predicted molar refractivity (Wildman–Crippen MR) is 307 cm³/mol. The minimum atomic E-state index is -0.777. The number of unbranched alkanes of at least 4 members (excludes halogenated alkanes) is 35. The van der Waals surface area contributed by atoms with E-state index in [0.29, 0.717) is 19.3 Å². The van der Waals surface area contributed by atoms with Crippen LogP contribution < -0.4 is 0 Å². The third-order valence-corrected chi connectivity index (χ3v) is 13.5. The minimum Gasteiger partial charge on any atom is -0.462 e. The van der Waals surface area contributed by atoms with E-state index in [4.69, 9.17) is 14.2 Å². The number of carbonyl (C=O) groups is 3. The summed E-state index contributed by atoms with van der Waals surface area (Å²) in [5, 5.41) is 0. The van der Waals surface area contributed by atoms with E-state index >= 15 is 0 Å². The van der Waals surface area contributed by atoms with Gasteiger partial charge in [-0.15, -0.1) is 0 Å². The average molecular weight is 994 g/mol. The molecule has 412 valence electrons. The molecule has 0 aliphatic carbocycles. The molecule has 0 aromatic carbocycles. The van der Waals surface area contributed by atoms with Gasteiger partial charge in [0, 0.05) is 19.3 Å². The van der Waals surface area contributed by atoms with Crippen LogP contribution in [0, 0.1) is 0 Å². The van der Waals surface area contributed by atoms with Gasteiger partial charge < -0.3 is 14.2 Å². The lowest BCUT2D eigenvalue weighted by Gasteiger charge is -2.18. The summed E-state index contributed by atoms with van der Waals surface area (Å²) in [5.41, 5.74) is 0. The van der Waals surface area contributed by atoms with Crippen LogP contribution in [0.3, 0.4) is 0 Å². The standard InChI is InChI=1S/C65H116O6/c1-4-7-10-13-16-19-22-24-26-28-30-31-32-33-35-36-38-40-43-46-49-52-55-58-64(67)70-61-62(60-69-63(66)57-54-51-48-45-42-21-18-15-12-9-6-3)71-65(68)59-56-53-50-47-44-41-39-37-34-29-27-25-23-20-17-14-11-8-5-2/h7,10,15-16,18-19,24,26,30-31,62H,4-6,8-9,11-14,17,20-23,25,27-29,32-61H2,1-3H3/b10-7-,18-15-,19-16-,26-24-,31-30-. The van der Waals surface area contributed by atoms with Crippen LogP contribution in [0.4, 0.5) is 0 Å². The first-order valence-corrected chi connectivity index (χ1v) is 30.8. The smallest absolute Gasteiger partial charge is 0.306 e. The summed E-state index contributed by atoms with van der Waals surface area (Å²) in [6.07, 6.45) is 75.1. The van der Waals surface area contributed by atoms with E-state index in [9.17, 15) is 14.4 Å². The number of carbonyl (C=O) groups excluding carboxylic acids is 3. The molecular formula is C65H116O6. The number of hydrogen-bond acceptors (Lipinski definition) is 6. The molecule has 0 aliphatic heterocycles. The average Bonchev–Trinajstić information content (AvgIpc) is 3.37. The second-order valence-electron chi connectivity index (χ2n) is 20.6. The molecule has 0 radical (unpaired) electrons. The lowest BCUT2D eigenvalue weighted by atomic mass is 10.0. The van der Waals surface area contributed by atoms with Crippen molar-refractivity contribution < 1.29 is 28.6 Å². The first-order chi connectivity index (χ1) is 35.0. The van der Waals surface area contributed by atoms with Crippen molar-refractivity contribution in [3.05, 3.63) is 60.8 Å². The molecule has 71 heavy (non-hydrogen) atoms. The monoisotopic (exact) mass is 993 g/mol. The van der Waals surface area contributed by atoms with Gasteiger partial charge in [0.05, 0.1) is 0 Å². The molecule has 0 bridgehead atoms. The van der Waals surface area contributed by atoms with E-state index in [2.05, 4.69) is 81.5 Å². The van der Waals surface area contributed by atoms with Gasteiger partial charge in [-0.1, -0.05) is 281 Å². The highest BCUT2D eigenvalue weighted by Crippen LogP contribution is 2.17. The second kappa shape index (κ2) is 59.7. The second-order valence-corrected chi connectivity index (χ2v) is 20.6. The summed E-state index contributed by atoms with van der Waals surface area (Å²) in [6, 6.07) is 0. The highest BCUT2D eigenvalue weighted by molar-refractivity contribution is 5.71. The molecule has 1 unspecified atom stereocenters. The number of ether oxygens (including phenoxy) is 3. The van der Waals surface area contributed by atoms with Gasteiger partial charge in [-0.2, -0.15) is 0 Å². The third kappa shape index (κ3) is 57.9. The molecule has 1 atom stereocenters. The summed E-state index contributed by atoms with van der Waals surface area (Å²) in [4.78, 5) is 38.2. The molecule has 0 saturated carbocycles. The van der Waals surface area contributed by atoms with Crippen molar-refractivity contribution in [1.29, 1.82) is 0 Å². The first kappa shape index (κ1) is 68.1. The fraction of sp³-hybridized carbons (Fsp3) is 0.800. The van der Waals surface area contributed by atoms with Crippen LogP contribution in [0.15, 0.2) is 60.8 Å². The summed E-state index contributed by atoms with van der Waals surface area (Å²) >= 11 is 0. The van der Waals surface area contributed by atoms with Crippen LogP contribution in [-0.4, -0.2) is 37.2 Å². The van der Waals surface area contributed by atoms with E-state index in [0.717, 1.165) is 89.9 Å². The first-order valence-electron chi connectivity index (χ1n) is 30.8. The molecule has 0 saturated heterocycles. The molecule has 0 aromatic rings. The Balaban J connectivity index is 4.27. The van der Waals surface area contributed by atoms with E-state index < -0.39 is 6.10 Å². The Morgan fingerprint density at radius 3 is 0.915 bits per heavy atom. The quantitative estimate of drug-likeness (QED) is 0.0261. The zero-order valence-corrected chi connectivity index (χ0v) is 47.2. The zero-order chi connectivity index (χ0) is 51.4. The molecular weight excluding hydrogens is 877 g/mol. The molecule has 6 nitrogen and oxygen atoms in total. The van der Waals surface area contributed by atoms with Crippen molar-refractivity contribution in [3.8, 4) is 0 Å². The topological polar surface area (TPSA) is 78.9 Å². The van der Waals surface area contributed by atoms with Crippen LogP contribution >= 0.6 is 0 Å². The van der Waals surface area contributed by atoms with Crippen molar-refractivity contribution in [2.45, 2.75) is 322 Å². The van der Waals surface area contributed by atoms with Crippen molar-refractivity contribution in [2.24, 2.45) is 0 Å². The van der Waals surface area contributed by atoms with Crippen molar-refractivity contribution in [1.82, 2.24) is 0 Å². The van der Waals surface area contributed by atoms with Gasteiger partial charge in [-0.05, 0) is 77.0 Å². The Morgan fingerprint density at radius 2 is 0.563 bits per heavy atom. The van der Waals surface area contributed by atoms with Gasteiger partial charge in [0.2, 0.25) is 0 Å². The Bertz CT molecular complexity index is 1280. The predicted octanol–water partition coefficient (Wildman–Crippen LogP) is 20.8. The summed E-state index contributed by atoms with van der Waals surface area (Å²) < 4.78 is 16.9. The van der Waals surface area contributed by atoms with E-state index in [1.54, 1.807) is 0 Å². The molecule has 0 N–H and O–H groups in total. The number of allylic oxidation sites excluding steroid dienone is 10. The van der Waals surface area contributed by atoms with Crippen LogP contribution in [0.2, 0.25) is 0 Å². The Morgan fingerprint density at radius 1 is 0.296 bits per heavy atom. The Hall–Kier alpha value is -2.89. The SMILES string of the molecule is CC/C=C\C/C=C\C/C=C\C/C=C\CCCCCCCCCCCCC(=O)OCC(COC(=O)CCCCCCC/C=C\CCCC)OC(=O)CCCCCCCCCCCCCCCCCCCCC. The van der Waals surface area contributed by atoms with Crippen LogP contribution in [0.25, 0.3) is 0 Å². The highest BCUT2D eigenvalue weighted by Gasteiger charge is 2.19. The van der Waals surface area contributed by atoms with Crippen LogP contribution in [-0.2, 0) is 28.6 Å². The van der Waals surface area contributed by atoms with Gasteiger partial charge in [-0.25, -0.2) is 0 Å². The fourth-order valence-corrected chi connectivity index (χ4v) is 8.89. The Kier molecular flexibility index (Phi) is 57.2. The third-order valence-electron chi connectivity index (χ3n) is 13.5. The molecule has 0 heterocycles. The summed E-state index contributed by atoms with van der Waals surface area (Å²) in [7, 11) is 0. The normalized spacial score (nSPS) is 12.4. The largest absolute Gasteiger partial charge is 0.462 e. The van der Waals surface area contributed by atoms with Gasteiger partial charge >= 0.3 is 17.9 Å². The maximum atomic E-state index is 12.9. The minimum absolute atomic E-state index is 0.0760. The van der Waals surface area contributed by atoms with Crippen molar-refractivity contribution >= 4 is 17.9 Å². The molecule has 6 heteroatoms. The zero-order valence-electron chi connectivity index (χ0n) is 47.2. The number of hydrogen-bond donors (Lipinski definition) is 0. The van der Waals surface area contributed by atoms with E-state index in [1.807, 2.05) is 0 Å². The van der Waals surface area contributed by atoms with E-state index in [1.165, 1.54) is 186 Å². The lowest BCUT2D eigenvalue weighted by Crippen LogP contribution is -2.30. The Labute approximate surface area is 440 Å². The molecule has 0 spiro atoms. The fourth-order valence-electron chi connectivity index (χ4n) is 8.89. The van der Waals surface area contributed by atoms with E-state index in [-0.39, 0.29) is 31.1 Å². The van der Waals surface area contributed by atoms with Crippen LogP contribution in [0.1, 0.15) is 316 Å². The maximum absolute atomic E-state index is 12.9. The highest BCUT2D eigenvalue weighted by atomic mass is 16.6. The molecule has 0 fully saturated rings. The van der Waals surface area contributed by atoms with Gasteiger partial charge in [-0.3, -0.25) is 14.4 Å². The molecule has 0 aromatic heterocycles. The molecule has 0 amide bonds. The summed E-state index contributed by atoms with van der Waals surface area (Å²) in [6.45, 7) is 6.52. The van der Waals surface area contributed by atoms with Gasteiger partial charge in [0.15, 0.2) is 6.10 Å². The summed E-state index contributed by atoms with van der Waals surface area (Å²) in [5.74, 6) is -0.873. The van der Waals surface area contributed by atoms with Crippen molar-refractivity contribution in [2.75, 3.05) is 13.2 Å². The lowest BCUT2D eigenvalue weighted by molar-refractivity contribution is -0.167. The molecule has 0 rings (SSSR count). The van der Waals surface area contributed by atoms with Gasteiger partial charge in [0.25, 0.3) is 0 Å². The van der Waals surface area contributed by atoms with Gasteiger partial charge in [0.1, 0.15) is 13.2 Å². The molecule has 0 aliphatic rings. The van der Waals surface area contributed by atoms with Crippen LogP contribution in [0.5, 0.6) is 0 Å². The number of esters is 3. The maximum Gasteiger partial charge on any atom is 0.306 e. The number of rotatable bonds is 56. The van der Waals surface area contributed by atoms with Crippen molar-refractivity contribution in [3.63, 3.8) is 0 Å².